The Hall–Kier alpha value is -3.30. The van der Waals surface area contributed by atoms with Crippen LogP contribution in [0.3, 0.4) is 0 Å². The molecule has 1 heterocycles. The summed E-state index contributed by atoms with van der Waals surface area (Å²) in [5.74, 6) is -0.588. The average Bonchev–Trinajstić information content (AvgIpc) is 3.20. The number of likely N-dealkylation sites (N-methyl/N-ethyl adjacent to an activating group) is 1. The molecule has 3 rings (SSSR count). The molecule has 0 aliphatic heterocycles. The van der Waals surface area contributed by atoms with Crippen molar-refractivity contribution in [3.05, 3.63) is 76.5 Å². The number of hydrogen-bond acceptors (Lipinski definition) is 6. The number of carbonyl (C=O) groups is 2. The second kappa shape index (κ2) is 10.8. The summed E-state index contributed by atoms with van der Waals surface area (Å²) in [6.07, 6.45) is 0.0782. The molecule has 0 aliphatic carbocycles. The van der Waals surface area contributed by atoms with Crippen LogP contribution >= 0.6 is 11.3 Å². The number of hydrogen-bond donors (Lipinski definition) is 2. The minimum absolute atomic E-state index is 0.00379. The number of carbonyl (C=O) groups excluding carboxylic acids is 2. The standard InChI is InChI=1S/C23H25FN4O3S/c1-28(2)20(15-8-10-17(31-3)11-9-15)13-25-21(29)12-16-14-32-23(26-16)27-22(30)18-6-4-5-7-19(18)24/h4-11,14,20H,12-13H2,1-3H3,(H,25,29)(H,26,27,30). The lowest BCUT2D eigenvalue weighted by molar-refractivity contribution is -0.120. The molecule has 0 saturated carbocycles. The Balaban J connectivity index is 1.55. The van der Waals surface area contributed by atoms with E-state index < -0.39 is 11.7 Å². The van der Waals surface area contributed by atoms with Gasteiger partial charge in [-0.3, -0.25) is 14.9 Å². The second-order valence-corrected chi connectivity index (χ2v) is 8.17. The van der Waals surface area contributed by atoms with Gasteiger partial charge >= 0.3 is 0 Å². The van der Waals surface area contributed by atoms with Crippen LogP contribution in [-0.2, 0) is 11.2 Å². The number of aromatic nitrogens is 1. The van der Waals surface area contributed by atoms with Gasteiger partial charge in [0.05, 0.1) is 30.8 Å². The predicted octanol–water partition coefficient (Wildman–Crippen LogP) is 3.50. The minimum atomic E-state index is -0.603. The molecule has 0 aliphatic rings. The fourth-order valence-electron chi connectivity index (χ4n) is 3.12. The zero-order valence-corrected chi connectivity index (χ0v) is 18.9. The third-order valence-electron chi connectivity index (χ3n) is 4.85. The molecule has 9 heteroatoms. The highest BCUT2D eigenvalue weighted by atomic mass is 32.1. The molecule has 2 aromatic carbocycles. The molecule has 0 fully saturated rings. The van der Waals surface area contributed by atoms with E-state index in [1.807, 2.05) is 43.3 Å². The number of rotatable bonds is 9. The number of nitrogens with zero attached hydrogens (tertiary/aromatic N) is 2. The maximum absolute atomic E-state index is 13.7. The van der Waals surface area contributed by atoms with Crippen molar-refractivity contribution in [3.63, 3.8) is 0 Å². The zero-order chi connectivity index (χ0) is 23.1. The summed E-state index contributed by atoms with van der Waals surface area (Å²) in [5.41, 5.74) is 1.53. The summed E-state index contributed by atoms with van der Waals surface area (Å²) in [6.45, 7) is 0.430. The van der Waals surface area contributed by atoms with E-state index in [1.165, 1.54) is 29.5 Å². The Morgan fingerprint density at radius 3 is 2.53 bits per heavy atom. The number of halogens is 1. The van der Waals surface area contributed by atoms with Gasteiger partial charge in [-0.2, -0.15) is 0 Å². The molecule has 32 heavy (non-hydrogen) atoms. The molecule has 0 radical (unpaired) electrons. The molecule has 0 spiro atoms. The normalized spacial score (nSPS) is 11.8. The topological polar surface area (TPSA) is 83.6 Å². The maximum atomic E-state index is 13.7. The monoisotopic (exact) mass is 456 g/mol. The first-order valence-electron chi connectivity index (χ1n) is 9.94. The molecular weight excluding hydrogens is 431 g/mol. The molecule has 1 aromatic heterocycles. The van der Waals surface area contributed by atoms with E-state index in [4.69, 9.17) is 4.74 Å². The van der Waals surface area contributed by atoms with Gasteiger partial charge in [0, 0.05) is 11.9 Å². The Kier molecular flexibility index (Phi) is 7.91. The van der Waals surface area contributed by atoms with Crippen molar-refractivity contribution in [2.75, 3.05) is 33.1 Å². The van der Waals surface area contributed by atoms with Crippen LogP contribution < -0.4 is 15.4 Å². The Morgan fingerprint density at radius 1 is 1.16 bits per heavy atom. The van der Waals surface area contributed by atoms with Gasteiger partial charge in [0.25, 0.3) is 5.91 Å². The van der Waals surface area contributed by atoms with Crippen LogP contribution in [0.1, 0.15) is 27.7 Å². The smallest absolute Gasteiger partial charge is 0.260 e. The number of thiazole rings is 1. The highest BCUT2D eigenvalue weighted by Crippen LogP contribution is 2.21. The number of ether oxygens (including phenoxy) is 1. The molecular formula is C23H25FN4O3S. The first-order chi connectivity index (χ1) is 15.4. The van der Waals surface area contributed by atoms with Crippen molar-refractivity contribution in [2.24, 2.45) is 0 Å². The Bertz CT molecular complexity index is 1070. The lowest BCUT2D eigenvalue weighted by Crippen LogP contribution is -2.35. The van der Waals surface area contributed by atoms with Crippen LogP contribution in [0.4, 0.5) is 9.52 Å². The van der Waals surface area contributed by atoms with E-state index in [0.29, 0.717) is 17.4 Å². The summed E-state index contributed by atoms with van der Waals surface area (Å²) in [6, 6.07) is 13.4. The summed E-state index contributed by atoms with van der Waals surface area (Å²) in [4.78, 5) is 30.9. The van der Waals surface area contributed by atoms with Crippen molar-refractivity contribution >= 4 is 28.3 Å². The number of methoxy groups -OCH3 is 1. The summed E-state index contributed by atoms with van der Waals surface area (Å²) < 4.78 is 18.9. The molecule has 3 aromatic rings. The fourth-order valence-corrected chi connectivity index (χ4v) is 3.82. The van der Waals surface area contributed by atoms with E-state index in [9.17, 15) is 14.0 Å². The number of anilines is 1. The van der Waals surface area contributed by atoms with Crippen molar-refractivity contribution in [3.8, 4) is 5.75 Å². The van der Waals surface area contributed by atoms with Gasteiger partial charge in [0.1, 0.15) is 11.6 Å². The van der Waals surface area contributed by atoms with E-state index in [2.05, 4.69) is 15.6 Å². The quantitative estimate of drug-likeness (QED) is 0.515. The van der Waals surface area contributed by atoms with Crippen LogP contribution in [0.2, 0.25) is 0 Å². The molecule has 0 saturated heterocycles. The highest BCUT2D eigenvalue weighted by Gasteiger charge is 2.17. The first-order valence-corrected chi connectivity index (χ1v) is 10.8. The van der Waals surface area contributed by atoms with Crippen molar-refractivity contribution in [1.82, 2.24) is 15.2 Å². The van der Waals surface area contributed by atoms with Crippen molar-refractivity contribution in [1.29, 1.82) is 0 Å². The van der Waals surface area contributed by atoms with Gasteiger partial charge < -0.3 is 15.0 Å². The van der Waals surface area contributed by atoms with Crippen molar-refractivity contribution < 1.29 is 18.7 Å². The van der Waals surface area contributed by atoms with Crippen LogP contribution in [0.15, 0.2) is 53.9 Å². The molecule has 0 bridgehead atoms. The Morgan fingerprint density at radius 2 is 1.88 bits per heavy atom. The van der Waals surface area contributed by atoms with E-state index in [0.717, 1.165) is 11.3 Å². The average molecular weight is 457 g/mol. The molecule has 168 valence electrons. The molecule has 2 N–H and O–H groups in total. The molecule has 1 unspecified atom stereocenters. The van der Waals surface area contributed by atoms with E-state index in [1.54, 1.807) is 18.6 Å². The van der Waals surface area contributed by atoms with Gasteiger partial charge in [0.15, 0.2) is 5.13 Å². The van der Waals surface area contributed by atoms with Crippen molar-refractivity contribution in [2.45, 2.75) is 12.5 Å². The van der Waals surface area contributed by atoms with Crippen LogP contribution in [0, 0.1) is 5.82 Å². The predicted molar refractivity (Wildman–Crippen MR) is 123 cm³/mol. The Labute approximate surface area is 190 Å². The lowest BCUT2D eigenvalue weighted by Gasteiger charge is -2.25. The second-order valence-electron chi connectivity index (χ2n) is 7.31. The number of benzene rings is 2. The molecule has 7 nitrogen and oxygen atoms in total. The minimum Gasteiger partial charge on any atom is -0.497 e. The maximum Gasteiger partial charge on any atom is 0.260 e. The molecule has 1 atom stereocenters. The highest BCUT2D eigenvalue weighted by molar-refractivity contribution is 7.14. The van der Waals surface area contributed by atoms with Crippen LogP contribution in [-0.4, -0.2) is 49.4 Å². The van der Waals surface area contributed by atoms with Crippen LogP contribution in [0.5, 0.6) is 5.75 Å². The van der Waals surface area contributed by atoms with E-state index in [-0.39, 0.29) is 23.9 Å². The fraction of sp³-hybridized carbons (Fsp3) is 0.261. The SMILES string of the molecule is COc1ccc(C(CNC(=O)Cc2csc(NC(=O)c3ccccc3F)n2)N(C)C)cc1. The summed E-state index contributed by atoms with van der Waals surface area (Å²) in [7, 11) is 5.52. The van der Waals surface area contributed by atoms with Gasteiger partial charge in [0.2, 0.25) is 5.91 Å². The largest absolute Gasteiger partial charge is 0.497 e. The third kappa shape index (κ3) is 6.12. The van der Waals surface area contributed by atoms with Gasteiger partial charge in [-0.25, -0.2) is 9.37 Å². The zero-order valence-electron chi connectivity index (χ0n) is 18.1. The summed E-state index contributed by atoms with van der Waals surface area (Å²) >= 11 is 1.18. The number of nitrogens with one attached hydrogen (secondary N) is 2. The van der Waals surface area contributed by atoms with E-state index >= 15 is 0 Å². The summed E-state index contributed by atoms with van der Waals surface area (Å²) in [5, 5.41) is 7.52. The first kappa shape index (κ1) is 23.4. The van der Waals surface area contributed by atoms with Gasteiger partial charge in [-0.05, 0) is 43.9 Å². The van der Waals surface area contributed by atoms with Gasteiger partial charge in [-0.15, -0.1) is 11.3 Å². The van der Waals surface area contributed by atoms with Gasteiger partial charge in [-0.1, -0.05) is 24.3 Å². The number of amides is 2. The molecule has 2 amide bonds. The van der Waals surface area contributed by atoms with Crippen LogP contribution in [0.25, 0.3) is 0 Å². The third-order valence-corrected chi connectivity index (χ3v) is 5.66. The lowest BCUT2D eigenvalue weighted by atomic mass is 10.1.